The summed E-state index contributed by atoms with van der Waals surface area (Å²) in [6, 6.07) is 3.59. The highest BCUT2D eigenvalue weighted by Crippen LogP contribution is 2.33. The average Bonchev–Trinajstić information content (AvgIpc) is 2.73. The van der Waals surface area contributed by atoms with Crippen molar-refractivity contribution in [1.82, 2.24) is 4.98 Å². The second-order valence-corrected chi connectivity index (χ2v) is 6.42. The first-order valence-corrected chi connectivity index (χ1v) is 6.21. The lowest BCUT2D eigenvalue weighted by Gasteiger charge is -1.93. The van der Waals surface area contributed by atoms with Crippen molar-refractivity contribution in [3.8, 4) is 0 Å². The van der Waals surface area contributed by atoms with E-state index in [4.69, 9.17) is 0 Å². The molecule has 2 aromatic heterocycles. The van der Waals surface area contributed by atoms with Crippen LogP contribution in [0.5, 0.6) is 0 Å². The number of carbonyl (C=O) groups excluding carboxylic acids is 1. The molecule has 0 aliphatic rings. The molecule has 0 saturated heterocycles. The van der Waals surface area contributed by atoms with Crippen LogP contribution < -0.4 is 0 Å². The number of ketones is 1. The lowest BCUT2D eigenvalue weighted by atomic mass is 10.1. The molecular formula is C9H5Br2NOS. The smallest absolute Gasteiger partial charge is 0.196 e. The van der Waals surface area contributed by atoms with Crippen molar-refractivity contribution in [1.29, 1.82) is 0 Å². The van der Waals surface area contributed by atoms with Crippen LogP contribution in [0.1, 0.15) is 15.9 Å². The minimum absolute atomic E-state index is 0.0278. The van der Waals surface area contributed by atoms with Gasteiger partial charge in [-0.2, -0.15) is 0 Å². The Kier molecular flexibility index (Phi) is 2.90. The molecule has 0 bridgehead atoms. The van der Waals surface area contributed by atoms with Crippen LogP contribution in [-0.2, 0) is 0 Å². The number of hydrogen-bond donors (Lipinski definition) is 1. The fourth-order valence-electron chi connectivity index (χ4n) is 1.12. The first-order valence-electron chi connectivity index (χ1n) is 3.81. The minimum atomic E-state index is 0.0278. The van der Waals surface area contributed by atoms with Gasteiger partial charge in [0, 0.05) is 23.5 Å². The molecule has 0 aromatic carbocycles. The van der Waals surface area contributed by atoms with Gasteiger partial charge in [0.25, 0.3) is 0 Å². The van der Waals surface area contributed by atoms with E-state index in [1.807, 2.05) is 6.07 Å². The number of halogens is 2. The van der Waals surface area contributed by atoms with Crippen molar-refractivity contribution in [2.45, 2.75) is 0 Å². The highest BCUT2D eigenvalue weighted by atomic mass is 79.9. The molecule has 2 nitrogen and oxygen atoms in total. The van der Waals surface area contributed by atoms with E-state index < -0.39 is 0 Å². The zero-order valence-corrected chi connectivity index (χ0v) is 10.9. The van der Waals surface area contributed by atoms with Crippen molar-refractivity contribution in [3.63, 3.8) is 0 Å². The molecule has 2 heterocycles. The first-order chi connectivity index (χ1) is 6.68. The molecule has 0 amide bonds. The molecule has 0 spiro atoms. The van der Waals surface area contributed by atoms with Gasteiger partial charge in [-0.05, 0) is 44.0 Å². The van der Waals surface area contributed by atoms with Gasteiger partial charge >= 0.3 is 0 Å². The van der Waals surface area contributed by atoms with Gasteiger partial charge in [-0.1, -0.05) is 0 Å². The molecule has 0 aliphatic carbocycles. The van der Waals surface area contributed by atoms with Gasteiger partial charge in [-0.15, -0.1) is 11.3 Å². The Balaban J connectivity index is 2.41. The molecule has 2 aromatic rings. The fourth-order valence-corrected chi connectivity index (χ4v) is 3.91. The lowest BCUT2D eigenvalue weighted by molar-refractivity contribution is 0.103. The third kappa shape index (κ3) is 1.85. The van der Waals surface area contributed by atoms with Gasteiger partial charge in [-0.25, -0.2) is 0 Å². The van der Waals surface area contributed by atoms with Gasteiger partial charge in [-0.3, -0.25) is 4.79 Å². The summed E-state index contributed by atoms with van der Waals surface area (Å²) in [5, 5.41) is 0. The number of nitrogens with one attached hydrogen (secondary N) is 1. The number of H-pyrrole nitrogens is 1. The van der Waals surface area contributed by atoms with Crippen LogP contribution in [0.4, 0.5) is 0 Å². The van der Waals surface area contributed by atoms with E-state index in [2.05, 4.69) is 36.8 Å². The third-order valence-electron chi connectivity index (χ3n) is 1.76. The van der Waals surface area contributed by atoms with Crippen LogP contribution in [-0.4, -0.2) is 10.8 Å². The van der Waals surface area contributed by atoms with Crippen LogP contribution in [0.15, 0.2) is 32.1 Å². The quantitative estimate of drug-likeness (QED) is 0.832. The van der Waals surface area contributed by atoms with Crippen LogP contribution in [0, 0.1) is 0 Å². The van der Waals surface area contributed by atoms with Crippen molar-refractivity contribution in [2.75, 3.05) is 0 Å². The number of rotatable bonds is 2. The topological polar surface area (TPSA) is 32.9 Å². The van der Waals surface area contributed by atoms with Crippen LogP contribution in [0.25, 0.3) is 0 Å². The zero-order valence-electron chi connectivity index (χ0n) is 6.88. The predicted molar refractivity (Wildman–Crippen MR) is 63.9 cm³/mol. The molecule has 5 heteroatoms. The molecule has 0 atom stereocenters. The summed E-state index contributed by atoms with van der Waals surface area (Å²) in [6.07, 6.45) is 3.43. The SMILES string of the molecule is O=C(c1cc[nH]c1)c1cc(Br)sc1Br. The summed E-state index contributed by atoms with van der Waals surface area (Å²) in [5.74, 6) is 0.0278. The minimum Gasteiger partial charge on any atom is -0.367 e. The fraction of sp³-hybridized carbons (Fsp3) is 0. The molecule has 0 aliphatic heterocycles. The number of hydrogen-bond acceptors (Lipinski definition) is 2. The maximum absolute atomic E-state index is 11.9. The first kappa shape index (κ1) is 10.1. The summed E-state index contributed by atoms with van der Waals surface area (Å²) in [6.45, 7) is 0. The Morgan fingerprint density at radius 1 is 1.43 bits per heavy atom. The van der Waals surface area contributed by atoms with E-state index in [0.717, 1.165) is 7.57 Å². The van der Waals surface area contributed by atoms with E-state index in [-0.39, 0.29) is 5.78 Å². The maximum Gasteiger partial charge on any atom is 0.196 e. The van der Waals surface area contributed by atoms with Crippen molar-refractivity contribution in [3.05, 3.63) is 43.2 Å². The summed E-state index contributed by atoms with van der Waals surface area (Å²) >= 11 is 8.20. The predicted octanol–water partition coefficient (Wildman–Crippen LogP) is 3.83. The average molecular weight is 335 g/mol. The Labute approximate surface area is 102 Å². The van der Waals surface area contributed by atoms with Crippen LogP contribution in [0.3, 0.4) is 0 Å². The second-order valence-electron chi connectivity index (χ2n) is 2.67. The van der Waals surface area contributed by atoms with Crippen LogP contribution in [0.2, 0.25) is 0 Å². The van der Waals surface area contributed by atoms with Crippen LogP contribution >= 0.6 is 43.2 Å². The van der Waals surface area contributed by atoms with Crippen molar-refractivity contribution >= 4 is 49.0 Å². The van der Waals surface area contributed by atoms with Crippen molar-refractivity contribution in [2.24, 2.45) is 0 Å². The number of aromatic nitrogens is 1. The summed E-state index contributed by atoms with van der Waals surface area (Å²) in [7, 11) is 0. The molecule has 14 heavy (non-hydrogen) atoms. The molecule has 0 unspecified atom stereocenters. The van der Waals surface area contributed by atoms with Gasteiger partial charge in [0.05, 0.1) is 7.57 Å². The third-order valence-corrected chi connectivity index (χ3v) is 4.10. The Hall–Kier alpha value is -0.390. The zero-order chi connectivity index (χ0) is 10.1. The molecule has 0 saturated carbocycles. The van der Waals surface area contributed by atoms with Crippen molar-refractivity contribution < 1.29 is 4.79 Å². The Morgan fingerprint density at radius 2 is 2.21 bits per heavy atom. The highest BCUT2D eigenvalue weighted by Gasteiger charge is 2.15. The monoisotopic (exact) mass is 333 g/mol. The molecule has 0 fully saturated rings. The van der Waals surface area contributed by atoms with Gasteiger partial charge in [0.2, 0.25) is 0 Å². The summed E-state index contributed by atoms with van der Waals surface area (Å²) in [5.41, 5.74) is 1.37. The lowest BCUT2D eigenvalue weighted by Crippen LogP contribution is -1.97. The van der Waals surface area contributed by atoms with E-state index in [1.54, 1.807) is 18.5 Å². The Morgan fingerprint density at radius 3 is 2.71 bits per heavy atom. The van der Waals surface area contributed by atoms with Gasteiger partial charge in [0.15, 0.2) is 5.78 Å². The number of thiophene rings is 1. The molecule has 2 rings (SSSR count). The van der Waals surface area contributed by atoms with E-state index in [9.17, 15) is 4.79 Å². The second kappa shape index (κ2) is 4.00. The molecular weight excluding hydrogens is 330 g/mol. The standard InChI is InChI=1S/C9H5Br2NOS/c10-7-3-6(9(11)14-7)8(13)5-1-2-12-4-5/h1-4,12H. The number of aromatic amines is 1. The molecule has 0 radical (unpaired) electrons. The van der Waals surface area contributed by atoms with E-state index >= 15 is 0 Å². The normalized spacial score (nSPS) is 10.4. The van der Waals surface area contributed by atoms with E-state index in [1.165, 1.54) is 11.3 Å². The molecule has 1 N–H and O–H groups in total. The molecule has 72 valence electrons. The Bertz CT molecular complexity index is 461. The largest absolute Gasteiger partial charge is 0.367 e. The van der Waals surface area contributed by atoms with Gasteiger partial charge < -0.3 is 4.98 Å². The maximum atomic E-state index is 11.9. The summed E-state index contributed by atoms with van der Waals surface area (Å²) in [4.78, 5) is 14.7. The number of carbonyl (C=O) groups is 1. The van der Waals surface area contributed by atoms with E-state index in [0.29, 0.717) is 11.1 Å². The highest BCUT2D eigenvalue weighted by molar-refractivity contribution is 9.12. The summed E-state index contributed by atoms with van der Waals surface area (Å²) < 4.78 is 1.80. The van der Waals surface area contributed by atoms with Gasteiger partial charge in [0.1, 0.15) is 0 Å².